The standard InChI is InChI=1S/C16H18ClNOS/c1-3-20-16-6-4-5-14(12(16)10-18)19-15-8-7-11(2)9-13(15)17/h4-9H,3,10,18H2,1-2H3. The fraction of sp³-hybridized carbons (Fsp3) is 0.250. The molecule has 2 N–H and O–H groups in total. The molecule has 0 amide bonds. The molecular formula is C16H18ClNOS. The van der Waals surface area contributed by atoms with Crippen molar-refractivity contribution in [2.75, 3.05) is 5.75 Å². The number of aryl methyl sites for hydroxylation is 1. The van der Waals surface area contributed by atoms with Gasteiger partial charge in [-0.15, -0.1) is 11.8 Å². The van der Waals surface area contributed by atoms with Gasteiger partial charge in [0.15, 0.2) is 0 Å². The van der Waals surface area contributed by atoms with E-state index in [0.29, 0.717) is 17.3 Å². The largest absolute Gasteiger partial charge is 0.455 e. The molecule has 4 heteroatoms. The first-order valence-corrected chi connectivity index (χ1v) is 7.90. The molecule has 0 unspecified atom stereocenters. The highest BCUT2D eigenvalue weighted by atomic mass is 35.5. The van der Waals surface area contributed by atoms with Crippen molar-refractivity contribution in [1.29, 1.82) is 0 Å². The fourth-order valence-corrected chi connectivity index (χ4v) is 3.06. The van der Waals surface area contributed by atoms with E-state index in [9.17, 15) is 0 Å². The lowest BCUT2D eigenvalue weighted by atomic mass is 10.2. The average Bonchev–Trinajstić information content (AvgIpc) is 2.42. The molecule has 0 heterocycles. The van der Waals surface area contributed by atoms with E-state index in [1.165, 1.54) is 0 Å². The van der Waals surface area contributed by atoms with E-state index in [2.05, 4.69) is 13.0 Å². The minimum Gasteiger partial charge on any atom is -0.455 e. The molecule has 2 aromatic carbocycles. The van der Waals surface area contributed by atoms with Crippen molar-refractivity contribution in [2.24, 2.45) is 5.73 Å². The van der Waals surface area contributed by atoms with Crippen molar-refractivity contribution in [3.05, 3.63) is 52.5 Å². The van der Waals surface area contributed by atoms with Crippen molar-refractivity contribution in [2.45, 2.75) is 25.3 Å². The van der Waals surface area contributed by atoms with Crippen molar-refractivity contribution in [3.8, 4) is 11.5 Å². The van der Waals surface area contributed by atoms with E-state index in [-0.39, 0.29) is 0 Å². The van der Waals surface area contributed by atoms with Crippen molar-refractivity contribution < 1.29 is 4.74 Å². The number of nitrogens with two attached hydrogens (primary N) is 1. The number of hydrogen-bond acceptors (Lipinski definition) is 3. The number of rotatable bonds is 5. The second kappa shape index (κ2) is 7.02. The molecule has 2 aromatic rings. The minimum atomic E-state index is 0.446. The average molecular weight is 308 g/mol. The molecule has 0 saturated carbocycles. The van der Waals surface area contributed by atoms with Crippen LogP contribution < -0.4 is 10.5 Å². The van der Waals surface area contributed by atoms with E-state index in [4.69, 9.17) is 22.1 Å². The van der Waals surface area contributed by atoms with Gasteiger partial charge >= 0.3 is 0 Å². The molecule has 0 atom stereocenters. The molecule has 2 nitrogen and oxygen atoms in total. The van der Waals surface area contributed by atoms with Crippen LogP contribution in [0.3, 0.4) is 0 Å². The molecule has 0 aliphatic carbocycles. The molecule has 0 bridgehead atoms. The quantitative estimate of drug-likeness (QED) is 0.788. The summed E-state index contributed by atoms with van der Waals surface area (Å²) in [6.07, 6.45) is 0. The number of benzene rings is 2. The van der Waals surface area contributed by atoms with Crippen LogP contribution in [0.5, 0.6) is 11.5 Å². The van der Waals surface area contributed by atoms with E-state index in [0.717, 1.165) is 27.5 Å². The maximum atomic E-state index is 6.21. The molecule has 0 aromatic heterocycles. The van der Waals surface area contributed by atoms with E-state index >= 15 is 0 Å². The van der Waals surface area contributed by atoms with Gasteiger partial charge in [0.1, 0.15) is 11.5 Å². The molecule has 2 rings (SSSR count). The third kappa shape index (κ3) is 3.48. The van der Waals surface area contributed by atoms with E-state index < -0.39 is 0 Å². The first-order chi connectivity index (χ1) is 9.65. The van der Waals surface area contributed by atoms with Crippen LogP contribution in [0, 0.1) is 6.92 Å². The Morgan fingerprint density at radius 1 is 1.20 bits per heavy atom. The Kier molecular flexibility index (Phi) is 5.35. The summed E-state index contributed by atoms with van der Waals surface area (Å²) >= 11 is 7.98. The summed E-state index contributed by atoms with van der Waals surface area (Å²) in [5.74, 6) is 2.43. The van der Waals surface area contributed by atoms with Crippen LogP contribution in [0.2, 0.25) is 5.02 Å². The highest BCUT2D eigenvalue weighted by Crippen LogP contribution is 2.35. The zero-order valence-corrected chi connectivity index (χ0v) is 13.2. The van der Waals surface area contributed by atoms with E-state index in [1.54, 1.807) is 11.8 Å². The molecule has 106 valence electrons. The van der Waals surface area contributed by atoms with Crippen molar-refractivity contribution in [3.63, 3.8) is 0 Å². The minimum absolute atomic E-state index is 0.446. The number of halogens is 1. The first kappa shape index (κ1) is 15.2. The molecular weight excluding hydrogens is 290 g/mol. The lowest BCUT2D eigenvalue weighted by Gasteiger charge is -2.14. The second-order valence-electron chi connectivity index (χ2n) is 4.41. The number of ether oxygens (including phenoxy) is 1. The van der Waals surface area contributed by atoms with Gasteiger partial charge in [0, 0.05) is 17.0 Å². The van der Waals surface area contributed by atoms with Crippen LogP contribution in [0.15, 0.2) is 41.3 Å². The smallest absolute Gasteiger partial charge is 0.146 e. The number of hydrogen-bond donors (Lipinski definition) is 1. The van der Waals surface area contributed by atoms with Gasteiger partial charge in [-0.3, -0.25) is 0 Å². The Morgan fingerprint density at radius 2 is 2.00 bits per heavy atom. The lowest BCUT2D eigenvalue weighted by Crippen LogP contribution is -2.02. The van der Waals surface area contributed by atoms with Gasteiger partial charge in [0.05, 0.1) is 5.02 Å². The van der Waals surface area contributed by atoms with Crippen LogP contribution in [-0.4, -0.2) is 5.75 Å². The normalized spacial score (nSPS) is 10.6. The van der Waals surface area contributed by atoms with Crippen LogP contribution in [-0.2, 0) is 6.54 Å². The third-order valence-electron chi connectivity index (χ3n) is 2.90. The third-order valence-corrected chi connectivity index (χ3v) is 4.18. The molecule has 0 radical (unpaired) electrons. The van der Waals surface area contributed by atoms with Gasteiger partial charge in [-0.25, -0.2) is 0 Å². The van der Waals surface area contributed by atoms with Gasteiger partial charge in [-0.1, -0.05) is 30.7 Å². The first-order valence-electron chi connectivity index (χ1n) is 6.54. The van der Waals surface area contributed by atoms with Crippen molar-refractivity contribution in [1.82, 2.24) is 0 Å². The summed E-state index contributed by atoms with van der Waals surface area (Å²) < 4.78 is 5.95. The summed E-state index contributed by atoms with van der Waals surface area (Å²) in [7, 11) is 0. The highest BCUT2D eigenvalue weighted by Gasteiger charge is 2.10. The molecule has 0 fully saturated rings. The summed E-state index contributed by atoms with van der Waals surface area (Å²) in [5.41, 5.74) is 8.00. The Labute approximate surface area is 129 Å². The molecule has 0 aliphatic heterocycles. The molecule has 20 heavy (non-hydrogen) atoms. The lowest BCUT2D eigenvalue weighted by molar-refractivity contribution is 0.474. The topological polar surface area (TPSA) is 35.2 Å². The van der Waals surface area contributed by atoms with Crippen LogP contribution in [0.1, 0.15) is 18.1 Å². The molecule has 0 spiro atoms. The van der Waals surface area contributed by atoms with Gasteiger partial charge in [0.2, 0.25) is 0 Å². The maximum Gasteiger partial charge on any atom is 0.146 e. The summed E-state index contributed by atoms with van der Waals surface area (Å²) in [6, 6.07) is 11.7. The summed E-state index contributed by atoms with van der Waals surface area (Å²) in [5, 5.41) is 0.613. The predicted octanol–water partition coefficient (Wildman–Crippen LogP) is 5.01. The Morgan fingerprint density at radius 3 is 2.65 bits per heavy atom. The van der Waals surface area contributed by atoms with Crippen LogP contribution in [0.4, 0.5) is 0 Å². The monoisotopic (exact) mass is 307 g/mol. The summed E-state index contributed by atoms with van der Waals surface area (Å²) in [4.78, 5) is 1.16. The Balaban J connectivity index is 2.35. The second-order valence-corrected chi connectivity index (χ2v) is 6.12. The number of thioether (sulfide) groups is 1. The SMILES string of the molecule is CCSc1cccc(Oc2ccc(C)cc2Cl)c1CN. The maximum absolute atomic E-state index is 6.21. The fourth-order valence-electron chi connectivity index (χ4n) is 1.94. The Hall–Kier alpha value is -1.16. The van der Waals surface area contributed by atoms with Gasteiger partial charge < -0.3 is 10.5 Å². The zero-order valence-electron chi connectivity index (χ0n) is 11.7. The van der Waals surface area contributed by atoms with Gasteiger partial charge in [-0.05, 0) is 42.5 Å². The van der Waals surface area contributed by atoms with Crippen LogP contribution >= 0.6 is 23.4 Å². The van der Waals surface area contributed by atoms with Gasteiger partial charge in [0.25, 0.3) is 0 Å². The highest BCUT2D eigenvalue weighted by molar-refractivity contribution is 7.99. The molecule has 0 saturated heterocycles. The van der Waals surface area contributed by atoms with Crippen LogP contribution in [0.25, 0.3) is 0 Å². The summed E-state index contributed by atoms with van der Waals surface area (Å²) in [6.45, 7) is 4.57. The predicted molar refractivity (Wildman–Crippen MR) is 87.0 cm³/mol. The zero-order chi connectivity index (χ0) is 14.5. The Bertz CT molecular complexity index is 601. The van der Waals surface area contributed by atoms with E-state index in [1.807, 2.05) is 37.3 Å². The molecule has 0 aliphatic rings. The van der Waals surface area contributed by atoms with Gasteiger partial charge in [-0.2, -0.15) is 0 Å². The van der Waals surface area contributed by atoms with Crippen molar-refractivity contribution >= 4 is 23.4 Å².